The van der Waals surface area contributed by atoms with E-state index >= 15 is 0 Å². The summed E-state index contributed by atoms with van der Waals surface area (Å²) in [6.07, 6.45) is 2.10. The van der Waals surface area contributed by atoms with Crippen molar-refractivity contribution in [3.63, 3.8) is 0 Å². The Morgan fingerprint density at radius 1 is 1.33 bits per heavy atom. The van der Waals surface area contributed by atoms with Crippen LogP contribution in [0.25, 0.3) is 0 Å². The van der Waals surface area contributed by atoms with Crippen molar-refractivity contribution in [2.45, 2.75) is 25.4 Å². The molecule has 7 nitrogen and oxygen atoms in total. The van der Waals surface area contributed by atoms with Gasteiger partial charge in [-0.3, -0.25) is 15.1 Å². The summed E-state index contributed by atoms with van der Waals surface area (Å²) in [4.78, 5) is 17.2. The van der Waals surface area contributed by atoms with Crippen molar-refractivity contribution in [3.8, 4) is 0 Å². The number of aliphatic imine (C=N–C) groups is 1. The number of nitro benzene ring substituents is 1. The van der Waals surface area contributed by atoms with Crippen molar-refractivity contribution >= 4 is 52.0 Å². The zero-order valence-corrected chi connectivity index (χ0v) is 18.3. The molecule has 2 aromatic rings. The predicted molar refractivity (Wildman–Crippen MR) is 121 cm³/mol. The number of rotatable bonds is 5. The number of halogens is 1. The summed E-state index contributed by atoms with van der Waals surface area (Å²) >= 11 is 1.78. The van der Waals surface area contributed by atoms with Crippen LogP contribution in [-0.4, -0.2) is 37.1 Å². The number of guanidine groups is 1. The lowest BCUT2D eigenvalue weighted by Gasteiger charge is -2.33. The highest BCUT2D eigenvalue weighted by Gasteiger charge is 2.20. The topological polar surface area (TPSA) is 82.8 Å². The summed E-state index contributed by atoms with van der Waals surface area (Å²) in [5, 5.41) is 21.0. The molecule has 1 aromatic heterocycles. The molecule has 2 N–H and O–H groups in total. The zero-order chi connectivity index (χ0) is 18.4. The Bertz CT molecular complexity index is 761. The van der Waals surface area contributed by atoms with Crippen molar-refractivity contribution in [3.05, 3.63) is 57.5 Å². The van der Waals surface area contributed by atoms with E-state index in [1.165, 1.54) is 11.1 Å². The van der Waals surface area contributed by atoms with Gasteiger partial charge in [-0.05, 0) is 35.9 Å². The smallest absolute Gasteiger partial charge is 0.269 e. The summed E-state index contributed by atoms with van der Waals surface area (Å²) in [5.74, 6) is 0.728. The van der Waals surface area contributed by atoms with Crippen LogP contribution in [0.1, 0.15) is 18.4 Å². The molecule has 0 amide bonds. The summed E-state index contributed by atoms with van der Waals surface area (Å²) in [6.45, 7) is 2.55. The van der Waals surface area contributed by atoms with E-state index in [1.54, 1.807) is 30.5 Å². The first kappa shape index (κ1) is 21.4. The van der Waals surface area contributed by atoms with Crippen molar-refractivity contribution in [2.75, 3.05) is 25.0 Å². The maximum atomic E-state index is 10.9. The fourth-order valence-corrected chi connectivity index (χ4v) is 3.83. The Hall–Kier alpha value is -1.88. The Morgan fingerprint density at radius 2 is 2.11 bits per heavy atom. The summed E-state index contributed by atoms with van der Waals surface area (Å²) < 4.78 is 0. The normalized spacial score (nSPS) is 15.1. The third-order valence-corrected chi connectivity index (χ3v) is 5.39. The highest BCUT2D eigenvalue weighted by molar-refractivity contribution is 14.0. The van der Waals surface area contributed by atoms with Gasteiger partial charge in [-0.2, -0.15) is 0 Å². The number of benzene rings is 1. The zero-order valence-electron chi connectivity index (χ0n) is 15.1. The Labute approximate surface area is 180 Å². The number of nitrogens with one attached hydrogen (secondary N) is 2. The Morgan fingerprint density at radius 3 is 2.74 bits per heavy atom. The van der Waals surface area contributed by atoms with Gasteiger partial charge in [0.15, 0.2) is 5.96 Å². The standard InChI is InChI=1S/C18H23N5O2S.HI/c1-19-18(20-13-14-4-2-5-16(12-14)23(24)25)21-15-7-9-22(10-8-15)17-6-3-11-26-17;/h2-6,11-12,15H,7-10,13H2,1H3,(H2,19,20,21);1H. The lowest BCUT2D eigenvalue weighted by molar-refractivity contribution is -0.384. The quantitative estimate of drug-likeness (QED) is 0.215. The van der Waals surface area contributed by atoms with E-state index in [0.29, 0.717) is 12.6 Å². The second kappa shape index (κ2) is 10.5. The molecule has 1 aliphatic rings. The molecule has 146 valence electrons. The van der Waals surface area contributed by atoms with E-state index in [0.717, 1.165) is 37.5 Å². The molecule has 3 rings (SSSR count). The molecule has 0 radical (unpaired) electrons. The molecule has 0 aliphatic carbocycles. The molecule has 0 spiro atoms. The number of non-ortho nitro benzene ring substituents is 1. The van der Waals surface area contributed by atoms with Crippen LogP contribution in [0.3, 0.4) is 0 Å². The SMILES string of the molecule is CN=C(NCc1cccc([N+](=O)[O-])c1)NC1CCN(c2cccs2)CC1.I. The number of anilines is 1. The van der Waals surface area contributed by atoms with Crippen molar-refractivity contribution in [1.29, 1.82) is 0 Å². The van der Waals surface area contributed by atoms with Crippen LogP contribution in [0.5, 0.6) is 0 Å². The van der Waals surface area contributed by atoms with Gasteiger partial charge in [-0.15, -0.1) is 35.3 Å². The molecule has 9 heteroatoms. The molecule has 1 aliphatic heterocycles. The summed E-state index contributed by atoms with van der Waals surface area (Å²) in [5.41, 5.74) is 0.961. The van der Waals surface area contributed by atoms with Crippen molar-refractivity contribution in [1.82, 2.24) is 10.6 Å². The average molecular weight is 501 g/mol. The Balaban J connectivity index is 0.00000261. The molecule has 2 heterocycles. The first-order chi connectivity index (χ1) is 12.7. The van der Waals surface area contributed by atoms with Crippen LogP contribution >= 0.6 is 35.3 Å². The molecule has 27 heavy (non-hydrogen) atoms. The minimum Gasteiger partial charge on any atom is -0.363 e. The lowest BCUT2D eigenvalue weighted by atomic mass is 10.1. The van der Waals surface area contributed by atoms with E-state index in [4.69, 9.17) is 0 Å². The minimum atomic E-state index is -0.377. The van der Waals surface area contributed by atoms with Crippen LogP contribution < -0.4 is 15.5 Å². The molecule has 0 saturated carbocycles. The minimum absolute atomic E-state index is 0. The van der Waals surface area contributed by atoms with Gasteiger partial charge in [-0.1, -0.05) is 12.1 Å². The molecular formula is C18H24IN5O2S. The van der Waals surface area contributed by atoms with Crippen molar-refractivity contribution < 1.29 is 4.92 Å². The number of nitrogens with zero attached hydrogens (tertiary/aromatic N) is 3. The second-order valence-electron chi connectivity index (χ2n) is 6.21. The van der Waals surface area contributed by atoms with Gasteiger partial charge in [-0.25, -0.2) is 0 Å². The van der Waals surface area contributed by atoms with Crippen molar-refractivity contribution in [2.24, 2.45) is 4.99 Å². The van der Waals surface area contributed by atoms with Gasteiger partial charge in [0.25, 0.3) is 5.69 Å². The largest absolute Gasteiger partial charge is 0.363 e. The number of hydrogen-bond donors (Lipinski definition) is 2. The van der Waals surface area contributed by atoms with E-state index < -0.39 is 0 Å². The van der Waals surface area contributed by atoms with Gasteiger partial charge >= 0.3 is 0 Å². The molecule has 1 aromatic carbocycles. The maximum Gasteiger partial charge on any atom is 0.269 e. The highest BCUT2D eigenvalue weighted by atomic mass is 127. The van der Waals surface area contributed by atoms with E-state index in [2.05, 4.69) is 38.0 Å². The summed E-state index contributed by atoms with van der Waals surface area (Å²) in [6, 6.07) is 11.3. The van der Waals surface area contributed by atoms with Crippen LogP contribution in [0.2, 0.25) is 0 Å². The monoisotopic (exact) mass is 501 g/mol. The predicted octanol–water partition coefficient (Wildman–Crippen LogP) is 3.61. The van der Waals surface area contributed by atoms with Gasteiger partial charge < -0.3 is 15.5 Å². The van der Waals surface area contributed by atoms with Gasteiger partial charge in [0.05, 0.1) is 9.92 Å². The third-order valence-electron chi connectivity index (χ3n) is 4.46. The number of thiophene rings is 1. The third kappa shape index (κ3) is 6.06. The number of hydrogen-bond acceptors (Lipinski definition) is 5. The fourth-order valence-electron chi connectivity index (χ4n) is 3.05. The maximum absolute atomic E-state index is 10.9. The molecular weight excluding hydrogens is 477 g/mol. The molecule has 0 atom stereocenters. The highest BCUT2D eigenvalue weighted by Crippen LogP contribution is 2.24. The fraction of sp³-hybridized carbons (Fsp3) is 0.389. The van der Waals surface area contributed by atoms with E-state index in [1.807, 2.05) is 6.07 Å². The number of nitro groups is 1. The second-order valence-corrected chi connectivity index (χ2v) is 7.14. The molecule has 0 unspecified atom stereocenters. The van der Waals surface area contributed by atoms with Crippen LogP contribution in [0.4, 0.5) is 10.7 Å². The van der Waals surface area contributed by atoms with Crippen LogP contribution in [0.15, 0.2) is 46.8 Å². The van der Waals surface area contributed by atoms with Gasteiger partial charge in [0.2, 0.25) is 0 Å². The first-order valence-electron chi connectivity index (χ1n) is 8.64. The van der Waals surface area contributed by atoms with E-state index in [9.17, 15) is 10.1 Å². The van der Waals surface area contributed by atoms with Crippen LogP contribution in [0, 0.1) is 10.1 Å². The molecule has 0 bridgehead atoms. The Kier molecular flexibility index (Phi) is 8.29. The van der Waals surface area contributed by atoms with Crippen LogP contribution in [-0.2, 0) is 6.54 Å². The average Bonchev–Trinajstić information content (AvgIpc) is 3.20. The summed E-state index contributed by atoms with van der Waals surface area (Å²) in [7, 11) is 1.74. The lowest BCUT2D eigenvalue weighted by Crippen LogP contribution is -2.48. The molecule has 1 fully saturated rings. The van der Waals surface area contributed by atoms with Gasteiger partial charge in [0, 0.05) is 44.9 Å². The number of piperidine rings is 1. The first-order valence-corrected chi connectivity index (χ1v) is 9.52. The van der Waals surface area contributed by atoms with Gasteiger partial charge in [0.1, 0.15) is 0 Å². The van der Waals surface area contributed by atoms with E-state index in [-0.39, 0.29) is 34.6 Å². The molecule has 1 saturated heterocycles.